The average molecular weight is 242 g/mol. The molecule has 0 aromatic heterocycles. The van der Waals surface area contributed by atoms with E-state index in [1.807, 2.05) is 0 Å². The molecule has 1 atom stereocenters. The van der Waals surface area contributed by atoms with Crippen LogP contribution in [0.25, 0.3) is 0 Å². The van der Waals surface area contributed by atoms with Crippen LogP contribution in [0.1, 0.15) is 32.6 Å². The quantitative estimate of drug-likeness (QED) is 0.628. The number of rotatable bonds is 6. The Hall–Kier alpha value is -1.59. The zero-order valence-electron chi connectivity index (χ0n) is 9.95. The maximum atomic E-state index is 11.4. The SMILES string of the molecule is CCOC(=O)CCC(=O)NCC1CCC(=O)N1. The first-order chi connectivity index (χ1) is 8.11. The van der Waals surface area contributed by atoms with Crippen molar-refractivity contribution < 1.29 is 19.1 Å². The van der Waals surface area contributed by atoms with Gasteiger partial charge in [-0.1, -0.05) is 0 Å². The third kappa shape index (κ3) is 5.33. The lowest BCUT2D eigenvalue weighted by Crippen LogP contribution is -2.38. The number of ether oxygens (including phenoxy) is 1. The fourth-order valence-corrected chi connectivity index (χ4v) is 1.60. The Morgan fingerprint density at radius 1 is 1.47 bits per heavy atom. The van der Waals surface area contributed by atoms with Crippen molar-refractivity contribution in [3.05, 3.63) is 0 Å². The molecule has 1 aliphatic rings. The van der Waals surface area contributed by atoms with Crippen LogP contribution in [0.4, 0.5) is 0 Å². The van der Waals surface area contributed by atoms with E-state index in [1.165, 1.54) is 0 Å². The van der Waals surface area contributed by atoms with Crippen molar-refractivity contribution in [2.24, 2.45) is 0 Å². The number of hydrogen-bond donors (Lipinski definition) is 2. The van der Waals surface area contributed by atoms with Gasteiger partial charge in [-0.25, -0.2) is 0 Å². The molecule has 96 valence electrons. The molecule has 1 unspecified atom stereocenters. The predicted octanol–water partition coefficient (Wildman–Crippen LogP) is -0.275. The Labute approximate surface area is 100 Å². The first-order valence-corrected chi connectivity index (χ1v) is 5.83. The van der Waals surface area contributed by atoms with Gasteiger partial charge >= 0.3 is 5.97 Å². The van der Waals surface area contributed by atoms with E-state index in [2.05, 4.69) is 10.6 Å². The van der Waals surface area contributed by atoms with Crippen molar-refractivity contribution in [1.29, 1.82) is 0 Å². The molecule has 17 heavy (non-hydrogen) atoms. The lowest BCUT2D eigenvalue weighted by atomic mass is 10.2. The maximum Gasteiger partial charge on any atom is 0.306 e. The summed E-state index contributed by atoms with van der Waals surface area (Å²) in [7, 11) is 0. The molecule has 0 radical (unpaired) electrons. The van der Waals surface area contributed by atoms with Gasteiger partial charge in [0.15, 0.2) is 0 Å². The van der Waals surface area contributed by atoms with Crippen LogP contribution in [-0.4, -0.2) is 37.0 Å². The van der Waals surface area contributed by atoms with Crippen LogP contribution in [0.2, 0.25) is 0 Å². The van der Waals surface area contributed by atoms with Crippen LogP contribution in [0.5, 0.6) is 0 Å². The van der Waals surface area contributed by atoms with Gasteiger partial charge in [0.25, 0.3) is 0 Å². The second-order valence-electron chi connectivity index (χ2n) is 3.91. The highest BCUT2D eigenvalue weighted by Crippen LogP contribution is 2.05. The maximum absolute atomic E-state index is 11.4. The number of amides is 2. The van der Waals surface area contributed by atoms with E-state index in [0.717, 1.165) is 6.42 Å². The van der Waals surface area contributed by atoms with Gasteiger partial charge in [-0.2, -0.15) is 0 Å². The smallest absolute Gasteiger partial charge is 0.306 e. The van der Waals surface area contributed by atoms with Crippen molar-refractivity contribution >= 4 is 17.8 Å². The summed E-state index contributed by atoms with van der Waals surface area (Å²) in [6, 6.07) is 0.0223. The summed E-state index contributed by atoms with van der Waals surface area (Å²) in [5, 5.41) is 5.43. The Morgan fingerprint density at radius 3 is 2.82 bits per heavy atom. The van der Waals surface area contributed by atoms with Gasteiger partial charge < -0.3 is 15.4 Å². The number of nitrogens with one attached hydrogen (secondary N) is 2. The number of hydrogen-bond acceptors (Lipinski definition) is 4. The highest BCUT2D eigenvalue weighted by atomic mass is 16.5. The summed E-state index contributed by atoms with van der Waals surface area (Å²) in [4.78, 5) is 33.3. The molecule has 0 saturated carbocycles. The van der Waals surface area contributed by atoms with Crippen molar-refractivity contribution in [2.45, 2.75) is 38.6 Å². The fourth-order valence-electron chi connectivity index (χ4n) is 1.60. The molecule has 2 amide bonds. The van der Waals surface area contributed by atoms with E-state index in [9.17, 15) is 14.4 Å². The minimum atomic E-state index is -0.364. The van der Waals surface area contributed by atoms with E-state index in [4.69, 9.17) is 4.74 Å². The van der Waals surface area contributed by atoms with Gasteiger partial charge in [0.05, 0.1) is 13.0 Å². The zero-order valence-corrected chi connectivity index (χ0v) is 9.95. The van der Waals surface area contributed by atoms with Gasteiger partial charge in [0, 0.05) is 25.4 Å². The minimum absolute atomic E-state index is 0.0223. The summed E-state index contributed by atoms with van der Waals surface area (Å²) >= 11 is 0. The van der Waals surface area contributed by atoms with Crippen molar-refractivity contribution in [2.75, 3.05) is 13.2 Å². The van der Waals surface area contributed by atoms with E-state index in [0.29, 0.717) is 19.6 Å². The number of esters is 1. The summed E-state index contributed by atoms with van der Waals surface area (Å²) < 4.78 is 4.71. The van der Waals surface area contributed by atoms with Crippen LogP contribution in [0.15, 0.2) is 0 Å². The van der Waals surface area contributed by atoms with Gasteiger partial charge in [0.2, 0.25) is 11.8 Å². The van der Waals surface area contributed by atoms with Crippen LogP contribution in [0, 0.1) is 0 Å². The summed E-state index contributed by atoms with van der Waals surface area (Å²) in [6.45, 7) is 2.47. The molecule has 0 aliphatic carbocycles. The van der Waals surface area contributed by atoms with Crippen LogP contribution in [0.3, 0.4) is 0 Å². The summed E-state index contributed by atoms with van der Waals surface area (Å²) in [6.07, 6.45) is 1.48. The molecular weight excluding hydrogens is 224 g/mol. The minimum Gasteiger partial charge on any atom is -0.466 e. The first-order valence-electron chi connectivity index (χ1n) is 5.83. The largest absolute Gasteiger partial charge is 0.466 e. The van der Waals surface area contributed by atoms with Crippen molar-refractivity contribution in [3.63, 3.8) is 0 Å². The first kappa shape index (κ1) is 13.5. The lowest BCUT2D eigenvalue weighted by molar-refractivity contribution is -0.144. The molecule has 1 rings (SSSR count). The number of carbonyl (C=O) groups is 3. The van der Waals surface area contributed by atoms with Crippen LogP contribution in [-0.2, 0) is 19.1 Å². The molecule has 0 aromatic rings. The Kier molecular flexibility index (Phi) is 5.45. The molecule has 6 heteroatoms. The average Bonchev–Trinajstić information content (AvgIpc) is 2.70. The van der Waals surface area contributed by atoms with E-state index >= 15 is 0 Å². The third-order valence-corrected chi connectivity index (χ3v) is 2.49. The molecule has 1 fully saturated rings. The molecule has 1 heterocycles. The van der Waals surface area contributed by atoms with E-state index in [1.54, 1.807) is 6.92 Å². The second kappa shape index (κ2) is 6.88. The standard InChI is InChI=1S/C11H18N2O4/c1-2-17-11(16)6-5-9(14)12-7-8-3-4-10(15)13-8/h8H,2-7H2,1H3,(H,12,14)(H,13,15). The number of carbonyl (C=O) groups excluding carboxylic acids is 3. The highest BCUT2D eigenvalue weighted by molar-refractivity contribution is 5.81. The molecule has 2 N–H and O–H groups in total. The predicted molar refractivity (Wildman–Crippen MR) is 60.0 cm³/mol. The van der Waals surface area contributed by atoms with Crippen molar-refractivity contribution in [3.8, 4) is 0 Å². The molecule has 0 bridgehead atoms. The molecule has 6 nitrogen and oxygen atoms in total. The van der Waals surface area contributed by atoms with Gasteiger partial charge in [-0.3, -0.25) is 14.4 Å². The second-order valence-corrected chi connectivity index (χ2v) is 3.91. The summed E-state index contributed by atoms with van der Waals surface area (Å²) in [5.41, 5.74) is 0. The highest BCUT2D eigenvalue weighted by Gasteiger charge is 2.20. The van der Waals surface area contributed by atoms with Crippen LogP contribution < -0.4 is 10.6 Å². The van der Waals surface area contributed by atoms with E-state index in [-0.39, 0.29) is 36.7 Å². The monoisotopic (exact) mass is 242 g/mol. The third-order valence-electron chi connectivity index (χ3n) is 2.49. The summed E-state index contributed by atoms with van der Waals surface area (Å²) in [5.74, 6) is -0.535. The van der Waals surface area contributed by atoms with Crippen LogP contribution >= 0.6 is 0 Å². The topological polar surface area (TPSA) is 84.5 Å². The van der Waals surface area contributed by atoms with E-state index < -0.39 is 0 Å². The normalized spacial score (nSPS) is 18.6. The van der Waals surface area contributed by atoms with Gasteiger partial charge in [0.1, 0.15) is 0 Å². The van der Waals surface area contributed by atoms with Gasteiger partial charge in [-0.05, 0) is 13.3 Å². The Balaban J connectivity index is 2.09. The Morgan fingerprint density at radius 2 is 2.24 bits per heavy atom. The molecule has 1 saturated heterocycles. The molecule has 1 aliphatic heterocycles. The molecule has 0 aromatic carbocycles. The van der Waals surface area contributed by atoms with Crippen molar-refractivity contribution in [1.82, 2.24) is 10.6 Å². The molecular formula is C11H18N2O4. The van der Waals surface area contributed by atoms with Gasteiger partial charge in [-0.15, -0.1) is 0 Å². The lowest BCUT2D eigenvalue weighted by Gasteiger charge is -2.10. The Bertz CT molecular complexity index is 304. The molecule has 0 spiro atoms. The fraction of sp³-hybridized carbons (Fsp3) is 0.727. The zero-order chi connectivity index (χ0) is 12.7.